The lowest BCUT2D eigenvalue weighted by atomic mass is 10.3. The summed E-state index contributed by atoms with van der Waals surface area (Å²) in [6.45, 7) is 3.12. The topological polar surface area (TPSA) is 80.2 Å². The second kappa shape index (κ2) is 5.50. The largest absolute Gasteiger partial charge is 0.477 e. The van der Waals surface area contributed by atoms with Gasteiger partial charge in [0.2, 0.25) is 0 Å². The zero-order chi connectivity index (χ0) is 14.0. The number of carboxylic acid groups (broad SMARTS) is 1. The zero-order valence-corrected chi connectivity index (χ0v) is 11.8. The SMILES string of the molecule is CC(=O)c1ccc(Sc2nc(C)c(C(=O)O)s2)cn1. The Morgan fingerprint density at radius 1 is 1.37 bits per heavy atom. The van der Waals surface area contributed by atoms with E-state index in [2.05, 4.69) is 9.97 Å². The summed E-state index contributed by atoms with van der Waals surface area (Å²) in [5, 5.41) is 8.95. The Kier molecular flexibility index (Phi) is 3.96. The third kappa shape index (κ3) is 3.18. The average Bonchev–Trinajstić information content (AvgIpc) is 2.71. The molecular weight excluding hydrogens is 284 g/mol. The number of rotatable bonds is 4. The number of hydrogen-bond donors (Lipinski definition) is 1. The van der Waals surface area contributed by atoms with E-state index in [4.69, 9.17) is 5.11 Å². The second-order valence-corrected chi connectivity index (χ2v) is 6.06. The molecule has 1 N–H and O–H groups in total. The standard InChI is InChI=1S/C12H10N2O3S2/c1-6-10(11(16)17)19-12(14-6)18-8-3-4-9(7(2)15)13-5-8/h3-5H,1-2H3,(H,16,17). The maximum atomic E-state index is 11.1. The quantitative estimate of drug-likeness (QED) is 0.873. The Morgan fingerprint density at radius 3 is 2.58 bits per heavy atom. The number of aryl methyl sites for hydroxylation is 1. The molecule has 7 heteroatoms. The fourth-order valence-electron chi connectivity index (χ4n) is 1.36. The summed E-state index contributed by atoms with van der Waals surface area (Å²) >= 11 is 2.46. The molecule has 0 aromatic carbocycles. The Hall–Kier alpha value is -1.73. The molecule has 0 amide bonds. The van der Waals surface area contributed by atoms with Gasteiger partial charge >= 0.3 is 5.97 Å². The van der Waals surface area contributed by atoms with Crippen LogP contribution in [0.25, 0.3) is 0 Å². The van der Waals surface area contributed by atoms with Crippen LogP contribution in [0.15, 0.2) is 27.6 Å². The Labute approximate surface area is 117 Å². The third-order valence-electron chi connectivity index (χ3n) is 2.27. The molecule has 2 aromatic rings. The van der Waals surface area contributed by atoms with E-state index in [0.717, 1.165) is 16.2 Å². The van der Waals surface area contributed by atoms with Crippen LogP contribution >= 0.6 is 23.1 Å². The fourth-order valence-corrected chi connectivity index (χ4v) is 3.33. The number of thiazole rings is 1. The first-order chi connectivity index (χ1) is 8.97. The van der Waals surface area contributed by atoms with E-state index in [9.17, 15) is 9.59 Å². The van der Waals surface area contributed by atoms with Crippen molar-refractivity contribution in [3.05, 3.63) is 34.6 Å². The minimum Gasteiger partial charge on any atom is -0.477 e. The Balaban J connectivity index is 2.19. The summed E-state index contributed by atoms with van der Waals surface area (Å²) < 4.78 is 0.646. The average molecular weight is 294 g/mol. The lowest BCUT2D eigenvalue weighted by molar-refractivity contribution is 0.0701. The highest BCUT2D eigenvalue weighted by Crippen LogP contribution is 2.32. The van der Waals surface area contributed by atoms with Gasteiger partial charge in [-0.25, -0.2) is 9.78 Å². The van der Waals surface area contributed by atoms with Gasteiger partial charge in [-0.1, -0.05) is 11.8 Å². The van der Waals surface area contributed by atoms with Gasteiger partial charge in [0.15, 0.2) is 10.1 Å². The zero-order valence-electron chi connectivity index (χ0n) is 10.2. The van der Waals surface area contributed by atoms with Gasteiger partial charge in [-0.3, -0.25) is 9.78 Å². The van der Waals surface area contributed by atoms with E-state index in [0.29, 0.717) is 15.7 Å². The Morgan fingerprint density at radius 2 is 2.11 bits per heavy atom. The van der Waals surface area contributed by atoms with Gasteiger partial charge in [-0.15, -0.1) is 11.3 Å². The fraction of sp³-hybridized carbons (Fsp3) is 0.167. The van der Waals surface area contributed by atoms with Crippen LogP contribution in [0.1, 0.15) is 32.8 Å². The summed E-state index contributed by atoms with van der Waals surface area (Å²) in [7, 11) is 0. The summed E-state index contributed by atoms with van der Waals surface area (Å²) in [6, 6.07) is 3.41. The van der Waals surface area contributed by atoms with E-state index in [1.165, 1.54) is 18.7 Å². The molecule has 0 fully saturated rings. The van der Waals surface area contributed by atoms with Crippen molar-refractivity contribution in [2.45, 2.75) is 23.1 Å². The van der Waals surface area contributed by atoms with E-state index in [1.807, 2.05) is 0 Å². The van der Waals surface area contributed by atoms with Crippen molar-refractivity contribution in [3.8, 4) is 0 Å². The van der Waals surface area contributed by atoms with Crippen molar-refractivity contribution in [1.29, 1.82) is 0 Å². The van der Waals surface area contributed by atoms with Crippen molar-refractivity contribution >= 4 is 34.9 Å². The minimum atomic E-state index is -0.966. The van der Waals surface area contributed by atoms with Gasteiger partial charge in [0.1, 0.15) is 10.6 Å². The first kappa shape index (κ1) is 13.7. The lowest BCUT2D eigenvalue weighted by Crippen LogP contribution is -1.95. The monoisotopic (exact) mass is 294 g/mol. The molecule has 0 aliphatic carbocycles. The molecule has 0 aliphatic heterocycles. The van der Waals surface area contributed by atoms with Crippen LogP contribution in [0.3, 0.4) is 0 Å². The van der Waals surface area contributed by atoms with Crippen LogP contribution in [0.4, 0.5) is 0 Å². The van der Waals surface area contributed by atoms with Crippen LogP contribution in [-0.2, 0) is 0 Å². The maximum absolute atomic E-state index is 11.1. The number of carboxylic acids is 1. The minimum absolute atomic E-state index is 0.0881. The predicted octanol–water partition coefficient (Wildman–Crippen LogP) is 2.90. The number of ketones is 1. The molecule has 0 unspecified atom stereocenters. The van der Waals surface area contributed by atoms with Crippen molar-refractivity contribution in [2.24, 2.45) is 0 Å². The van der Waals surface area contributed by atoms with Gasteiger partial charge in [-0.2, -0.15) is 0 Å². The predicted molar refractivity (Wildman–Crippen MR) is 72.2 cm³/mol. The number of aromatic carboxylic acids is 1. The maximum Gasteiger partial charge on any atom is 0.347 e. The van der Waals surface area contributed by atoms with Crippen LogP contribution in [0, 0.1) is 6.92 Å². The van der Waals surface area contributed by atoms with Crippen LogP contribution < -0.4 is 0 Å². The molecule has 2 heterocycles. The molecule has 0 aliphatic rings. The highest BCUT2D eigenvalue weighted by atomic mass is 32.2. The number of hydrogen-bond acceptors (Lipinski definition) is 6. The number of Topliss-reactive ketones (excluding diaryl/α,β-unsaturated/α-hetero) is 1. The Bertz CT molecular complexity index is 635. The summed E-state index contributed by atoms with van der Waals surface area (Å²) in [5.74, 6) is -1.05. The molecule has 0 atom stereocenters. The van der Waals surface area contributed by atoms with Crippen molar-refractivity contribution in [2.75, 3.05) is 0 Å². The van der Waals surface area contributed by atoms with Gasteiger partial charge in [-0.05, 0) is 19.1 Å². The van der Waals surface area contributed by atoms with Crippen LogP contribution in [0.2, 0.25) is 0 Å². The molecule has 98 valence electrons. The van der Waals surface area contributed by atoms with E-state index < -0.39 is 5.97 Å². The number of carbonyl (C=O) groups is 2. The molecule has 5 nitrogen and oxygen atoms in total. The molecule has 0 saturated heterocycles. The van der Waals surface area contributed by atoms with E-state index in [1.54, 1.807) is 25.3 Å². The van der Waals surface area contributed by atoms with Gasteiger partial charge in [0.25, 0.3) is 0 Å². The number of pyridine rings is 1. The molecule has 0 saturated carbocycles. The van der Waals surface area contributed by atoms with Gasteiger partial charge in [0.05, 0.1) is 5.69 Å². The first-order valence-corrected chi connectivity index (χ1v) is 6.96. The molecule has 0 radical (unpaired) electrons. The highest BCUT2D eigenvalue weighted by Gasteiger charge is 2.14. The van der Waals surface area contributed by atoms with Gasteiger partial charge < -0.3 is 5.11 Å². The van der Waals surface area contributed by atoms with Crippen molar-refractivity contribution in [1.82, 2.24) is 9.97 Å². The first-order valence-electron chi connectivity index (χ1n) is 5.33. The second-order valence-electron chi connectivity index (χ2n) is 3.74. The van der Waals surface area contributed by atoms with Crippen molar-refractivity contribution in [3.63, 3.8) is 0 Å². The summed E-state index contributed by atoms with van der Waals surface area (Å²) in [5.41, 5.74) is 0.916. The third-order valence-corrected chi connectivity index (χ3v) is 4.46. The van der Waals surface area contributed by atoms with Crippen LogP contribution in [-0.4, -0.2) is 26.8 Å². The molecule has 19 heavy (non-hydrogen) atoms. The smallest absolute Gasteiger partial charge is 0.347 e. The molecule has 0 bridgehead atoms. The number of aromatic nitrogens is 2. The molecular formula is C12H10N2O3S2. The molecule has 0 spiro atoms. The highest BCUT2D eigenvalue weighted by molar-refractivity contribution is 8.01. The van der Waals surface area contributed by atoms with E-state index >= 15 is 0 Å². The van der Waals surface area contributed by atoms with Crippen LogP contribution in [0.5, 0.6) is 0 Å². The lowest BCUT2D eigenvalue weighted by Gasteiger charge is -1.98. The normalized spacial score (nSPS) is 10.4. The summed E-state index contributed by atoms with van der Waals surface area (Å²) in [4.78, 5) is 31.3. The number of nitrogens with zero attached hydrogens (tertiary/aromatic N) is 2. The molecule has 2 rings (SSSR count). The van der Waals surface area contributed by atoms with E-state index in [-0.39, 0.29) is 10.7 Å². The van der Waals surface area contributed by atoms with Gasteiger partial charge in [0, 0.05) is 18.0 Å². The number of carbonyl (C=O) groups excluding carboxylic acids is 1. The van der Waals surface area contributed by atoms with Crippen molar-refractivity contribution < 1.29 is 14.7 Å². The molecule has 2 aromatic heterocycles. The summed E-state index contributed by atoms with van der Waals surface area (Å²) in [6.07, 6.45) is 1.58.